The maximum absolute atomic E-state index is 11.2. The van der Waals surface area contributed by atoms with Crippen LogP contribution >= 0.6 is 0 Å². The van der Waals surface area contributed by atoms with Crippen LogP contribution < -0.4 is 0 Å². The minimum atomic E-state index is -0.935. The lowest BCUT2D eigenvalue weighted by Crippen LogP contribution is -2.32. The topological polar surface area (TPSA) is 37.3 Å². The molecule has 1 fully saturated rings. The van der Waals surface area contributed by atoms with Gasteiger partial charge in [-0.3, -0.25) is 4.79 Å². The van der Waals surface area contributed by atoms with Gasteiger partial charge in [0.2, 0.25) is 0 Å². The van der Waals surface area contributed by atoms with E-state index in [4.69, 9.17) is 0 Å². The predicted octanol–water partition coefficient (Wildman–Crippen LogP) is 1.66. The van der Waals surface area contributed by atoms with Crippen molar-refractivity contribution in [3.63, 3.8) is 0 Å². The van der Waals surface area contributed by atoms with Crippen molar-refractivity contribution in [1.29, 1.82) is 0 Å². The molecule has 2 heteroatoms. The van der Waals surface area contributed by atoms with Crippen LogP contribution in [0, 0.1) is 0 Å². The highest BCUT2D eigenvalue weighted by Gasteiger charge is 2.38. The van der Waals surface area contributed by atoms with E-state index in [0.29, 0.717) is 19.3 Å². The summed E-state index contributed by atoms with van der Waals surface area (Å²) in [5.41, 5.74) is -0.935. The molecule has 1 N–H and O–H groups in total. The zero-order chi connectivity index (χ0) is 8.32. The van der Waals surface area contributed by atoms with Crippen molar-refractivity contribution >= 4 is 5.78 Å². The van der Waals surface area contributed by atoms with Crippen LogP contribution in [0.15, 0.2) is 0 Å². The van der Waals surface area contributed by atoms with Gasteiger partial charge in [0.1, 0.15) is 5.60 Å². The second-order valence-corrected chi connectivity index (χ2v) is 3.41. The molecule has 0 spiro atoms. The van der Waals surface area contributed by atoms with Crippen molar-refractivity contribution in [3.05, 3.63) is 0 Å². The molecule has 2 nitrogen and oxygen atoms in total. The second kappa shape index (κ2) is 3.35. The van der Waals surface area contributed by atoms with Crippen LogP contribution in [-0.4, -0.2) is 16.5 Å². The molecule has 1 aliphatic carbocycles. The first-order valence-electron chi connectivity index (χ1n) is 4.45. The van der Waals surface area contributed by atoms with Crippen molar-refractivity contribution < 1.29 is 9.90 Å². The van der Waals surface area contributed by atoms with Crippen LogP contribution in [0.1, 0.15) is 45.4 Å². The van der Waals surface area contributed by atoms with Crippen molar-refractivity contribution in [1.82, 2.24) is 0 Å². The summed E-state index contributed by atoms with van der Waals surface area (Å²) in [6.45, 7) is 2.07. The van der Waals surface area contributed by atoms with Crippen LogP contribution in [0.2, 0.25) is 0 Å². The Kier molecular flexibility index (Phi) is 2.66. The number of rotatable bonds is 3. The van der Waals surface area contributed by atoms with Gasteiger partial charge in [-0.05, 0) is 19.3 Å². The molecular formula is C9H16O2. The molecule has 0 aliphatic heterocycles. The third-order valence-corrected chi connectivity index (χ3v) is 2.46. The van der Waals surface area contributed by atoms with Gasteiger partial charge in [0.15, 0.2) is 5.78 Å². The minimum Gasteiger partial charge on any atom is -0.382 e. The zero-order valence-corrected chi connectivity index (χ0v) is 7.10. The Balaban J connectivity index is 2.44. The molecule has 0 aromatic carbocycles. The summed E-state index contributed by atoms with van der Waals surface area (Å²) < 4.78 is 0. The number of hydrogen-bond acceptors (Lipinski definition) is 2. The van der Waals surface area contributed by atoms with Gasteiger partial charge in [-0.1, -0.05) is 19.8 Å². The van der Waals surface area contributed by atoms with Gasteiger partial charge in [-0.25, -0.2) is 0 Å². The molecule has 1 aliphatic rings. The molecule has 0 saturated heterocycles. The van der Waals surface area contributed by atoms with E-state index in [2.05, 4.69) is 6.92 Å². The van der Waals surface area contributed by atoms with E-state index < -0.39 is 5.60 Å². The number of ketones is 1. The van der Waals surface area contributed by atoms with Gasteiger partial charge in [0.05, 0.1) is 0 Å². The Hall–Kier alpha value is -0.370. The Labute approximate surface area is 67.6 Å². The van der Waals surface area contributed by atoms with Crippen molar-refractivity contribution in [3.8, 4) is 0 Å². The van der Waals surface area contributed by atoms with Gasteiger partial charge in [0, 0.05) is 6.42 Å². The van der Waals surface area contributed by atoms with Crippen LogP contribution in [-0.2, 0) is 4.79 Å². The Morgan fingerprint density at radius 3 is 2.82 bits per heavy atom. The molecule has 1 atom stereocenters. The molecule has 0 bridgehead atoms. The van der Waals surface area contributed by atoms with Crippen molar-refractivity contribution in [2.24, 2.45) is 0 Å². The predicted molar refractivity (Wildman–Crippen MR) is 43.3 cm³/mol. The third kappa shape index (κ3) is 1.80. The molecule has 0 radical (unpaired) electrons. The van der Waals surface area contributed by atoms with Gasteiger partial charge in [-0.2, -0.15) is 0 Å². The maximum Gasteiger partial charge on any atom is 0.164 e. The third-order valence-electron chi connectivity index (χ3n) is 2.46. The summed E-state index contributed by atoms with van der Waals surface area (Å²) in [6, 6.07) is 0. The van der Waals surface area contributed by atoms with Gasteiger partial charge in [0.25, 0.3) is 0 Å². The average molecular weight is 156 g/mol. The average Bonchev–Trinajstić information content (AvgIpc) is 2.30. The molecule has 64 valence electrons. The van der Waals surface area contributed by atoms with E-state index in [1.807, 2.05) is 0 Å². The number of hydrogen-bond donors (Lipinski definition) is 1. The monoisotopic (exact) mass is 156 g/mol. The fourth-order valence-corrected chi connectivity index (χ4v) is 1.65. The first-order valence-corrected chi connectivity index (χ1v) is 4.45. The van der Waals surface area contributed by atoms with Gasteiger partial charge < -0.3 is 5.11 Å². The summed E-state index contributed by atoms with van der Waals surface area (Å²) >= 11 is 0. The molecule has 1 saturated carbocycles. The number of Topliss-reactive ketones (excluding diaryl/α,β-unsaturated/α-hetero) is 1. The van der Waals surface area contributed by atoms with Gasteiger partial charge in [-0.15, -0.1) is 0 Å². The normalized spacial score (nSPS) is 31.3. The Bertz CT molecular complexity index is 154. The zero-order valence-electron chi connectivity index (χ0n) is 7.10. The minimum absolute atomic E-state index is 0.0611. The summed E-state index contributed by atoms with van der Waals surface area (Å²) in [6.07, 6.45) is 4.82. The molecule has 0 aromatic heterocycles. The number of unbranched alkanes of at least 4 members (excludes halogenated alkanes) is 1. The fraction of sp³-hybridized carbons (Fsp3) is 0.889. The standard InChI is InChI=1S/C9H16O2/c1-2-3-6-9(11)7-4-5-8(9)10/h11H,2-7H2,1H3. The van der Waals surface area contributed by atoms with Crippen LogP contribution in [0.5, 0.6) is 0 Å². The lowest BCUT2D eigenvalue weighted by molar-refractivity contribution is -0.134. The number of carbonyl (C=O) groups is 1. The van der Waals surface area contributed by atoms with E-state index in [0.717, 1.165) is 19.3 Å². The summed E-state index contributed by atoms with van der Waals surface area (Å²) in [5.74, 6) is 0.0611. The van der Waals surface area contributed by atoms with E-state index in [-0.39, 0.29) is 5.78 Å². The van der Waals surface area contributed by atoms with E-state index >= 15 is 0 Å². The summed E-state index contributed by atoms with van der Waals surface area (Å²) in [4.78, 5) is 11.2. The molecule has 11 heavy (non-hydrogen) atoms. The highest BCUT2D eigenvalue weighted by molar-refractivity contribution is 5.88. The molecule has 0 heterocycles. The Morgan fingerprint density at radius 1 is 1.64 bits per heavy atom. The summed E-state index contributed by atoms with van der Waals surface area (Å²) in [7, 11) is 0. The van der Waals surface area contributed by atoms with E-state index in [1.54, 1.807) is 0 Å². The summed E-state index contributed by atoms with van der Waals surface area (Å²) in [5, 5.41) is 9.74. The molecule has 1 unspecified atom stereocenters. The number of aliphatic hydroxyl groups is 1. The van der Waals surface area contributed by atoms with Crippen LogP contribution in [0.25, 0.3) is 0 Å². The maximum atomic E-state index is 11.2. The molecule has 0 aromatic rings. The second-order valence-electron chi connectivity index (χ2n) is 3.41. The smallest absolute Gasteiger partial charge is 0.164 e. The first kappa shape index (κ1) is 8.72. The van der Waals surface area contributed by atoms with E-state index in [1.165, 1.54) is 0 Å². The van der Waals surface area contributed by atoms with Crippen molar-refractivity contribution in [2.45, 2.75) is 51.0 Å². The van der Waals surface area contributed by atoms with E-state index in [9.17, 15) is 9.90 Å². The largest absolute Gasteiger partial charge is 0.382 e. The van der Waals surface area contributed by atoms with Crippen LogP contribution in [0.4, 0.5) is 0 Å². The molecule has 0 amide bonds. The Morgan fingerprint density at radius 2 is 2.36 bits per heavy atom. The lowest BCUT2D eigenvalue weighted by atomic mass is 9.94. The molecule has 1 rings (SSSR count). The lowest BCUT2D eigenvalue weighted by Gasteiger charge is -2.19. The molecular weight excluding hydrogens is 140 g/mol. The number of carbonyl (C=O) groups excluding carboxylic acids is 1. The van der Waals surface area contributed by atoms with Gasteiger partial charge >= 0.3 is 0 Å². The van der Waals surface area contributed by atoms with Crippen LogP contribution in [0.3, 0.4) is 0 Å². The van der Waals surface area contributed by atoms with Crippen molar-refractivity contribution in [2.75, 3.05) is 0 Å². The quantitative estimate of drug-likeness (QED) is 0.674. The highest BCUT2D eigenvalue weighted by atomic mass is 16.3. The fourth-order valence-electron chi connectivity index (χ4n) is 1.65. The first-order chi connectivity index (χ1) is 5.19. The highest BCUT2D eigenvalue weighted by Crippen LogP contribution is 2.30. The SMILES string of the molecule is CCCCC1(O)CCCC1=O.